The van der Waals surface area contributed by atoms with Gasteiger partial charge in [0.15, 0.2) is 0 Å². The van der Waals surface area contributed by atoms with Crippen LogP contribution in [0.25, 0.3) is 0 Å². The summed E-state index contributed by atoms with van der Waals surface area (Å²) < 4.78 is 42.8. The van der Waals surface area contributed by atoms with Gasteiger partial charge < -0.3 is 4.74 Å². The van der Waals surface area contributed by atoms with Crippen molar-refractivity contribution in [3.8, 4) is 0 Å². The van der Waals surface area contributed by atoms with E-state index in [0.29, 0.717) is 6.42 Å². The van der Waals surface area contributed by atoms with Gasteiger partial charge in [-0.15, -0.1) is 0 Å². The maximum atomic E-state index is 12.7. The number of ketones is 1. The number of hydrogen-bond acceptors (Lipinski definition) is 3. The largest absolute Gasteiger partial charge is 0.465 e. The molecule has 0 radical (unpaired) electrons. The minimum absolute atomic E-state index is 0.0569. The molecule has 1 aliphatic carbocycles. The number of hydrogen-bond donors (Lipinski definition) is 0. The van der Waals surface area contributed by atoms with Crippen molar-refractivity contribution in [2.45, 2.75) is 52.1 Å². The molecule has 0 aromatic carbocycles. The van der Waals surface area contributed by atoms with E-state index in [1.165, 1.54) is 6.92 Å². The third kappa shape index (κ3) is 3.84. The van der Waals surface area contributed by atoms with E-state index in [-0.39, 0.29) is 13.0 Å². The molecular formula is C14H19F3O3. The quantitative estimate of drug-likeness (QED) is 0.442. The van der Waals surface area contributed by atoms with Crippen LogP contribution in [-0.4, -0.2) is 24.5 Å². The van der Waals surface area contributed by atoms with Gasteiger partial charge in [0.2, 0.25) is 0 Å². The van der Waals surface area contributed by atoms with Gasteiger partial charge in [-0.25, -0.2) is 0 Å². The molecule has 0 saturated carbocycles. The summed E-state index contributed by atoms with van der Waals surface area (Å²) in [6, 6.07) is 0. The molecule has 0 saturated heterocycles. The normalized spacial score (nSPS) is 18.9. The molecule has 20 heavy (non-hydrogen) atoms. The van der Waals surface area contributed by atoms with Crippen molar-refractivity contribution in [1.29, 1.82) is 0 Å². The number of rotatable bonds is 5. The highest BCUT2D eigenvalue weighted by Crippen LogP contribution is 2.38. The Balaban J connectivity index is 3.03. The molecule has 1 atom stereocenters. The highest BCUT2D eigenvalue weighted by atomic mass is 19.4. The van der Waals surface area contributed by atoms with Gasteiger partial charge in [0, 0.05) is 0 Å². The van der Waals surface area contributed by atoms with Crippen molar-refractivity contribution < 1.29 is 27.5 Å². The number of halogens is 3. The molecule has 0 amide bonds. The fourth-order valence-electron chi connectivity index (χ4n) is 2.37. The van der Waals surface area contributed by atoms with Crippen LogP contribution in [0.15, 0.2) is 11.6 Å². The SMILES string of the molecule is CCOC(=O)C(C)(CC1=CCCCC1)C(=O)C(F)(F)F. The first-order chi connectivity index (χ1) is 9.21. The van der Waals surface area contributed by atoms with E-state index < -0.39 is 23.3 Å². The van der Waals surface area contributed by atoms with Crippen LogP contribution in [0, 0.1) is 5.41 Å². The number of alkyl halides is 3. The van der Waals surface area contributed by atoms with E-state index >= 15 is 0 Å². The molecule has 114 valence electrons. The van der Waals surface area contributed by atoms with E-state index in [1.807, 2.05) is 6.08 Å². The number of allylic oxidation sites excluding steroid dienone is 2. The molecule has 3 nitrogen and oxygen atoms in total. The topological polar surface area (TPSA) is 43.4 Å². The second kappa shape index (κ2) is 6.41. The molecule has 0 bridgehead atoms. The maximum Gasteiger partial charge on any atom is 0.451 e. The summed E-state index contributed by atoms with van der Waals surface area (Å²) in [6.07, 6.45) is -0.197. The second-order valence-electron chi connectivity index (χ2n) is 5.16. The Morgan fingerprint density at radius 3 is 2.40 bits per heavy atom. The number of carbonyl (C=O) groups excluding carboxylic acids is 2. The Bertz CT molecular complexity index is 412. The van der Waals surface area contributed by atoms with Crippen LogP contribution in [0.1, 0.15) is 46.0 Å². The highest BCUT2D eigenvalue weighted by Gasteiger charge is 2.55. The van der Waals surface area contributed by atoms with Gasteiger partial charge >= 0.3 is 12.1 Å². The number of esters is 1. The molecule has 0 spiro atoms. The molecule has 0 aliphatic heterocycles. The monoisotopic (exact) mass is 292 g/mol. The predicted octanol–water partition coefficient (Wildman–Crippen LogP) is 3.58. The number of ether oxygens (including phenoxy) is 1. The molecule has 6 heteroatoms. The molecule has 0 aromatic rings. The summed E-state index contributed by atoms with van der Waals surface area (Å²) in [5.41, 5.74) is -1.46. The highest BCUT2D eigenvalue weighted by molar-refractivity contribution is 6.06. The first-order valence-electron chi connectivity index (χ1n) is 6.68. The van der Waals surface area contributed by atoms with Gasteiger partial charge in [0.1, 0.15) is 5.41 Å². The van der Waals surface area contributed by atoms with Crippen molar-refractivity contribution >= 4 is 11.8 Å². The zero-order valence-corrected chi connectivity index (χ0v) is 11.7. The third-order valence-corrected chi connectivity index (χ3v) is 3.45. The van der Waals surface area contributed by atoms with Crippen molar-refractivity contribution in [1.82, 2.24) is 0 Å². The Morgan fingerprint density at radius 2 is 1.95 bits per heavy atom. The third-order valence-electron chi connectivity index (χ3n) is 3.45. The standard InChI is InChI=1S/C14H19F3O3/c1-3-20-12(19)13(2,11(18)14(15,16)17)9-10-7-5-4-6-8-10/h7H,3-6,8-9H2,1-2H3. The van der Waals surface area contributed by atoms with E-state index in [1.54, 1.807) is 0 Å². The van der Waals surface area contributed by atoms with Crippen molar-refractivity contribution in [3.63, 3.8) is 0 Å². The van der Waals surface area contributed by atoms with Crippen molar-refractivity contribution in [2.75, 3.05) is 6.61 Å². The summed E-state index contributed by atoms with van der Waals surface area (Å²) in [5.74, 6) is -3.14. The summed E-state index contributed by atoms with van der Waals surface area (Å²) >= 11 is 0. The Hall–Kier alpha value is -1.33. The lowest BCUT2D eigenvalue weighted by Crippen LogP contribution is -2.45. The van der Waals surface area contributed by atoms with Crippen LogP contribution < -0.4 is 0 Å². The van der Waals surface area contributed by atoms with Gasteiger partial charge in [0.05, 0.1) is 6.61 Å². The van der Waals surface area contributed by atoms with Gasteiger partial charge in [-0.05, 0) is 46.0 Å². The van der Waals surface area contributed by atoms with Crippen LogP contribution in [0.2, 0.25) is 0 Å². The summed E-state index contributed by atoms with van der Waals surface area (Å²) in [6.45, 7) is 2.46. The molecule has 0 heterocycles. The van der Waals surface area contributed by atoms with Gasteiger partial charge in [-0.1, -0.05) is 11.6 Å². The Morgan fingerprint density at radius 1 is 1.30 bits per heavy atom. The minimum Gasteiger partial charge on any atom is -0.465 e. The molecule has 0 N–H and O–H groups in total. The summed E-state index contributed by atoms with van der Waals surface area (Å²) in [7, 11) is 0. The fourth-order valence-corrected chi connectivity index (χ4v) is 2.37. The molecule has 0 aromatic heterocycles. The summed E-state index contributed by atoms with van der Waals surface area (Å²) in [5, 5.41) is 0. The summed E-state index contributed by atoms with van der Waals surface area (Å²) in [4.78, 5) is 23.5. The van der Waals surface area contributed by atoms with Crippen LogP contribution in [0.5, 0.6) is 0 Å². The van der Waals surface area contributed by atoms with Crippen LogP contribution in [-0.2, 0) is 14.3 Å². The van der Waals surface area contributed by atoms with E-state index in [4.69, 9.17) is 0 Å². The molecule has 1 aliphatic rings. The Kier molecular flexibility index (Phi) is 5.36. The molecule has 1 rings (SSSR count). The minimum atomic E-state index is -5.04. The van der Waals surface area contributed by atoms with Crippen molar-refractivity contribution in [2.24, 2.45) is 5.41 Å². The van der Waals surface area contributed by atoms with E-state index in [9.17, 15) is 22.8 Å². The average Bonchev–Trinajstić information content (AvgIpc) is 2.38. The number of Topliss-reactive ketones (excluding diaryl/α,β-unsaturated/α-hetero) is 1. The predicted molar refractivity (Wildman–Crippen MR) is 67.0 cm³/mol. The average molecular weight is 292 g/mol. The lowest BCUT2D eigenvalue weighted by atomic mass is 9.77. The molecule has 0 fully saturated rings. The van der Waals surface area contributed by atoms with E-state index in [0.717, 1.165) is 31.8 Å². The number of carbonyl (C=O) groups is 2. The zero-order chi connectivity index (χ0) is 15.4. The lowest BCUT2D eigenvalue weighted by Gasteiger charge is -2.28. The zero-order valence-electron chi connectivity index (χ0n) is 11.7. The second-order valence-corrected chi connectivity index (χ2v) is 5.16. The van der Waals surface area contributed by atoms with Crippen LogP contribution in [0.4, 0.5) is 13.2 Å². The van der Waals surface area contributed by atoms with Crippen molar-refractivity contribution in [3.05, 3.63) is 11.6 Å². The smallest absolute Gasteiger partial charge is 0.451 e. The van der Waals surface area contributed by atoms with E-state index in [2.05, 4.69) is 4.74 Å². The van der Waals surface area contributed by atoms with Gasteiger partial charge in [0.25, 0.3) is 5.78 Å². The van der Waals surface area contributed by atoms with Crippen LogP contribution >= 0.6 is 0 Å². The van der Waals surface area contributed by atoms with Gasteiger partial charge in [-0.3, -0.25) is 9.59 Å². The Labute approximate surface area is 116 Å². The first-order valence-corrected chi connectivity index (χ1v) is 6.68. The maximum absolute atomic E-state index is 12.7. The molecule has 1 unspecified atom stereocenters. The molecular weight excluding hydrogens is 273 g/mol. The van der Waals surface area contributed by atoms with Gasteiger partial charge in [-0.2, -0.15) is 13.2 Å². The first kappa shape index (κ1) is 16.7. The fraction of sp³-hybridized carbons (Fsp3) is 0.714. The van der Waals surface area contributed by atoms with Crippen LogP contribution in [0.3, 0.4) is 0 Å². The lowest BCUT2D eigenvalue weighted by molar-refractivity contribution is -0.188.